The molecule has 4 nitrogen and oxygen atoms in total. The number of likely N-dealkylation sites (N-methyl/N-ethyl adjacent to an activating group) is 1. The van der Waals surface area contributed by atoms with Gasteiger partial charge in [0.1, 0.15) is 0 Å². The molecule has 0 amide bonds. The van der Waals surface area contributed by atoms with Crippen LogP contribution in [0.3, 0.4) is 0 Å². The third-order valence-corrected chi connectivity index (χ3v) is 4.74. The van der Waals surface area contributed by atoms with Crippen LogP contribution < -0.4 is 10.6 Å². The van der Waals surface area contributed by atoms with Gasteiger partial charge in [0.25, 0.3) is 0 Å². The van der Waals surface area contributed by atoms with Crippen molar-refractivity contribution in [2.45, 2.75) is 19.5 Å². The van der Waals surface area contributed by atoms with E-state index >= 15 is 0 Å². The summed E-state index contributed by atoms with van der Waals surface area (Å²) in [7, 11) is 6.02. The molecule has 2 N–H and O–H groups in total. The van der Waals surface area contributed by atoms with Crippen molar-refractivity contribution in [2.75, 3.05) is 27.7 Å². The van der Waals surface area contributed by atoms with Gasteiger partial charge in [-0.2, -0.15) is 0 Å². The first-order chi connectivity index (χ1) is 11.1. The van der Waals surface area contributed by atoms with E-state index in [0.717, 1.165) is 19.0 Å². The van der Waals surface area contributed by atoms with Crippen molar-refractivity contribution in [3.05, 3.63) is 57.8 Å². The second-order valence-electron chi connectivity index (χ2n) is 5.79. The zero-order valence-electron chi connectivity index (χ0n) is 14.7. The molecule has 0 spiro atoms. The van der Waals surface area contributed by atoms with Crippen LogP contribution in [-0.4, -0.2) is 38.5 Å². The molecule has 24 heavy (non-hydrogen) atoms. The Kier molecular flexibility index (Phi) is 9.31. The van der Waals surface area contributed by atoms with E-state index in [9.17, 15) is 0 Å². The highest BCUT2D eigenvalue weighted by molar-refractivity contribution is 14.0. The molecule has 1 atom stereocenters. The molecule has 0 saturated heterocycles. The fraction of sp³-hybridized carbons (Fsp3) is 0.389. The fourth-order valence-electron chi connectivity index (χ4n) is 2.32. The SMILES string of the molecule is CN=C(NCc1ccc(C)cc1)NCC(c1cccs1)N(C)C.I. The minimum Gasteiger partial charge on any atom is -0.354 e. The molecule has 1 aromatic carbocycles. The van der Waals surface area contributed by atoms with Gasteiger partial charge in [-0.15, -0.1) is 35.3 Å². The smallest absolute Gasteiger partial charge is 0.191 e. The highest BCUT2D eigenvalue weighted by Gasteiger charge is 2.15. The lowest BCUT2D eigenvalue weighted by Crippen LogP contribution is -2.41. The largest absolute Gasteiger partial charge is 0.354 e. The first kappa shape index (κ1) is 20.9. The van der Waals surface area contributed by atoms with Gasteiger partial charge in [0, 0.05) is 25.0 Å². The van der Waals surface area contributed by atoms with Crippen molar-refractivity contribution >= 4 is 41.3 Å². The number of guanidine groups is 1. The summed E-state index contributed by atoms with van der Waals surface area (Å²) >= 11 is 1.79. The average molecular weight is 458 g/mol. The van der Waals surface area contributed by atoms with E-state index in [1.807, 2.05) is 0 Å². The zero-order chi connectivity index (χ0) is 16.7. The van der Waals surface area contributed by atoms with Crippen LogP contribution in [0.15, 0.2) is 46.8 Å². The number of nitrogens with one attached hydrogen (secondary N) is 2. The number of halogens is 1. The molecule has 1 unspecified atom stereocenters. The number of rotatable bonds is 6. The van der Waals surface area contributed by atoms with Crippen molar-refractivity contribution in [3.8, 4) is 0 Å². The van der Waals surface area contributed by atoms with Gasteiger partial charge in [-0.05, 0) is 38.0 Å². The minimum absolute atomic E-state index is 0. The number of thiophene rings is 1. The molecule has 0 radical (unpaired) electrons. The van der Waals surface area contributed by atoms with E-state index in [-0.39, 0.29) is 24.0 Å². The average Bonchev–Trinajstić information content (AvgIpc) is 3.06. The molecule has 1 heterocycles. The summed E-state index contributed by atoms with van der Waals surface area (Å²) in [6.07, 6.45) is 0. The van der Waals surface area contributed by atoms with Crippen LogP contribution in [0.2, 0.25) is 0 Å². The second-order valence-corrected chi connectivity index (χ2v) is 6.77. The molecular formula is C18H27IN4S. The van der Waals surface area contributed by atoms with Crippen LogP contribution >= 0.6 is 35.3 Å². The number of hydrogen-bond donors (Lipinski definition) is 2. The number of benzene rings is 1. The fourth-order valence-corrected chi connectivity index (χ4v) is 3.25. The molecule has 0 bridgehead atoms. The van der Waals surface area contributed by atoms with Crippen LogP contribution in [0.5, 0.6) is 0 Å². The van der Waals surface area contributed by atoms with Gasteiger partial charge in [-0.1, -0.05) is 35.9 Å². The Morgan fingerprint density at radius 2 is 1.88 bits per heavy atom. The predicted molar refractivity (Wildman–Crippen MR) is 116 cm³/mol. The molecule has 0 saturated carbocycles. The topological polar surface area (TPSA) is 39.7 Å². The Morgan fingerprint density at radius 1 is 1.17 bits per heavy atom. The van der Waals surface area contributed by atoms with Crippen molar-refractivity contribution < 1.29 is 0 Å². The maximum atomic E-state index is 4.31. The van der Waals surface area contributed by atoms with Gasteiger partial charge in [-0.25, -0.2) is 0 Å². The van der Waals surface area contributed by atoms with Crippen LogP contribution in [0.4, 0.5) is 0 Å². The predicted octanol–water partition coefficient (Wildman–Crippen LogP) is 3.64. The standard InChI is InChI=1S/C18H26N4S.HI/c1-14-7-9-15(10-8-14)12-20-18(19-2)21-13-16(22(3)4)17-6-5-11-23-17;/h5-11,16H,12-13H2,1-4H3,(H2,19,20,21);1H. The van der Waals surface area contributed by atoms with Crippen molar-refractivity contribution in [2.24, 2.45) is 4.99 Å². The highest BCUT2D eigenvalue weighted by atomic mass is 127. The van der Waals surface area contributed by atoms with Crippen molar-refractivity contribution in [3.63, 3.8) is 0 Å². The lowest BCUT2D eigenvalue weighted by molar-refractivity contribution is 0.302. The minimum atomic E-state index is 0. The van der Waals surface area contributed by atoms with E-state index in [4.69, 9.17) is 0 Å². The third-order valence-electron chi connectivity index (χ3n) is 3.76. The number of hydrogen-bond acceptors (Lipinski definition) is 3. The molecule has 1 aromatic heterocycles. The molecule has 0 aliphatic carbocycles. The summed E-state index contributed by atoms with van der Waals surface area (Å²) in [5, 5.41) is 8.91. The highest BCUT2D eigenvalue weighted by Crippen LogP contribution is 2.22. The molecule has 132 valence electrons. The maximum Gasteiger partial charge on any atom is 0.191 e. The summed E-state index contributed by atoms with van der Waals surface area (Å²) < 4.78 is 0. The Labute approximate surface area is 166 Å². The molecule has 0 aliphatic rings. The Morgan fingerprint density at radius 3 is 2.42 bits per heavy atom. The van der Waals surface area contributed by atoms with Gasteiger partial charge in [0.15, 0.2) is 5.96 Å². The summed E-state index contributed by atoms with van der Waals surface area (Å²) in [6.45, 7) is 3.69. The van der Waals surface area contributed by atoms with E-state index in [0.29, 0.717) is 6.04 Å². The van der Waals surface area contributed by atoms with Gasteiger partial charge >= 0.3 is 0 Å². The maximum absolute atomic E-state index is 4.31. The number of aryl methyl sites for hydroxylation is 1. The van der Waals surface area contributed by atoms with Gasteiger partial charge in [-0.3, -0.25) is 4.99 Å². The third kappa shape index (κ3) is 6.41. The van der Waals surface area contributed by atoms with Crippen LogP contribution in [0, 0.1) is 6.92 Å². The Hall–Kier alpha value is -1.12. The Bertz CT molecular complexity index is 608. The summed E-state index contributed by atoms with van der Waals surface area (Å²) in [6, 6.07) is 13.2. The summed E-state index contributed by atoms with van der Waals surface area (Å²) in [4.78, 5) is 7.90. The van der Waals surface area contributed by atoms with Crippen LogP contribution in [0.1, 0.15) is 22.0 Å². The van der Waals surface area contributed by atoms with E-state index in [1.54, 1.807) is 18.4 Å². The molecule has 2 rings (SSSR count). The van der Waals surface area contributed by atoms with Gasteiger partial charge in [0.05, 0.1) is 6.04 Å². The molecule has 6 heteroatoms. The van der Waals surface area contributed by atoms with Crippen molar-refractivity contribution in [1.29, 1.82) is 0 Å². The van der Waals surface area contributed by atoms with Crippen molar-refractivity contribution in [1.82, 2.24) is 15.5 Å². The monoisotopic (exact) mass is 458 g/mol. The summed E-state index contributed by atoms with van der Waals surface area (Å²) in [5.74, 6) is 0.828. The number of aliphatic imine (C=N–C) groups is 1. The molecule has 0 aliphatic heterocycles. The van der Waals surface area contributed by atoms with Gasteiger partial charge in [0.2, 0.25) is 0 Å². The number of nitrogens with zero attached hydrogens (tertiary/aromatic N) is 2. The first-order valence-corrected chi connectivity index (χ1v) is 8.68. The summed E-state index contributed by atoms with van der Waals surface area (Å²) in [5.41, 5.74) is 2.53. The van der Waals surface area contributed by atoms with Gasteiger partial charge < -0.3 is 15.5 Å². The second kappa shape index (κ2) is 10.7. The van der Waals surface area contributed by atoms with E-state index < -0.39 is 0 Å². The zero-order valence-corrected chi connectivity index (χ0v) is 17.9. The lowest BCUT2D eigenvalue weighted by atomic mass is 10.1. The van der Waals surface area contributed by atoms with E-state index in [2.05, 4.69) is 83.3 Å². The molecule has 0 fully saturated rings. The molecule has 2 aromatic rings. The first-order valence-electron chi connectivity index (χ1n) is 7.80. The van der Waals surface area contributed by atoms with Crippen LogP contribution in [-0.2, 0) is 6.54 Å². The Balaban J connectivity index is 0.00000288. The van der Waals surface area contributed by atoms with E-state index in [1.165, 1.54) is 16.0 Å². The normalized spacial score (nSPS) is 12.6. The molecular weight excluding hydrogens is 431 g/mol. The quantitative estimate of drug-likeness (QED) is 0.395. The van der Waals surface area contributed by atoms with Crippen LogP contribution in [0.25, 0.3) is 0 Å². The lowest BCUT2D eigenvalue weighted by Gasteiger charge is -2.24.